The minimum atomic E-state index is -1.56. The fourth-order valence-corrected chi connectivity index (χ4v) is 2.68. The lowest BCUT2D eigenvalue weighted by Gasteiger charge is -2.27. The zero-order valence-electron chi connectivity index (χ0n) is 14.5. The van der Waals surface area contributed by atoms with Crippen molar-refractivity contribution in [2.45, 2.75) is 38.5 Å². The number of hydrogen-bond donors (Lipinski definition) is 2. The number of nitrogens with one attached hydrogen (secondary N) is 1. The molecule has 0 saturated carbocycles. The first-order valence-electron chi connectivity index (χ1n) is 7.80. The zero-order chi connectivity index (χ0) is 19.5. The highest BCUT2D eigenvalue weighted by molar-refractivity contribution is 9.10. The summed E-state index contributed by atoms with van der Waals surface area (Å²) in [6, 6.07) is 3.25. The fourth-order valence-electron chi connectivity index (χ4n) is 2.30. The second kappa shape index (κ2) is 8.09. The van der Waals surface area contributed by atoms with Gasteiger partial charge in [0.1, 0.15) is 23.3 Å². The van der Waals surface area contributed by atoms with E-state index in [2.05, 4.69) is 26.2 Å². The van der Waals surface area contributed by atoms with Crippen LogP contribution in [0.2, 0.25) is 0 Å². The van der Waals surface area contributed by atoms with Crippen LogP contribution in [0.4, 0.5) is 13.6 Å². The Morgan fingerprint density at radius 1 is 1.27 bits per heavy atom. The van der Waals surface area contributed by atoms with E-state index in [0.717, 1.165) is 18.2 Å². The maximum atomic E-state index is 14.1. The number of rotatable bonds is 4. The normalized spacial score (nSPS) is 13.8. The van der Waals surface area contributed by atoms with Gasteiger partial charge in [-0.1, -0.05) is 0 Å². The molecule has 0 saturated heterocycles. The summed E-state index contributed by atoms with van der Waals surface area (Å²) in [6.45, 7) is 5.06. The molecule has 0 aliphatic rings. The highest BCUT2D eigenvalue weighted by atomic mass is 79.9. The smallest absolute Gasteiger partial charge is 0.408 e. The van der Waals surface area contributed by atoms with Crippen LogP contribution in [0.5, 0.6) is 0 Å². The lowest BCUT2D eigenvalue weighted by molar-refractivity contribution is 0.0415. The topological polar surface area (TPSA) is 71.5 Å². The van der Waals surface area contributed by atoms with E-state index in [9.17, 15) is 18.7 Å². The number of ether oxygens (including phenoxy) is 1. The number of pyridine rings is 1. The van der Waals surface area contributed by atoms with Gasteiger partial charge in [0.25, 0.3) is 0 Å². The molecule has 5 nitrogen and oxygen atoms in total. The largest absolute Gasteiger partial charge is 0.444 e. The molecule has 2 unspecified atom stereocenters. The minimum absolute atomic E-state index is 0.286. The summed E-state index contributed by atoms with van der Waals surface area (Å²) in [4.78, 5) is 16.2. The third-order valence-corrected chi connectivity index (χ3v) is 3.78. The Morgan fingerprint density at radius 2 is 1.96 bits per heavy atom. The van der Waals surface area contributed by atoms with Crippen molar-refractivity contribution in [3.63, 3.8) is 0 Å². The van der Waals surface area contributed by atoms with E-state index in [1.807, 2.05) is 0 Å². The number of carbonyl (C=O) groups is 1. The third kappa shape index (κ3) is 5.47. The molecule has 0 fully saturated rings. The standard InChI is InChI=1S/C18H19BrF2N2O3/c1-18(2,3)26-17(25)23-15(10-6-11(19)9-22-8-10)16(24)13-7-12(20)4-5-14(13)21/h4-9,15-16,24H,1-3H3,(H,23,25). The summed E-state index contributed by atoms with van der Waals surface area (Å²) in [5, 5.41) is 13.2. The second-order valence-electron chi connectivity index (χ2n) is 6.67. The lowest BCUT2D eigenvalue weighted by atomic mass is 9.96. The van der Waals surface area contributed by atoms with Crippen molar-refractivity contribution >= 4 is 22.0 Å². The molecule has 140 valence electrons. The molecule has 2 aromatic rings. The average Bonchev–Trinajstić information content (AvgIpc) is 2.52. The van der Waals surface area contributed by atoms with E-state index in [4.69, 9.17) is 4.74 Å². The number of alkyl carbamates (subject to hydrolysis) is 1. The number of carbonyl (C=O) groups excluding carboxylic acids is 1. The first-order valence-corrected chi connectivity index (χ1v) is 8.59. The van der Waals surface area contributed by atoms with E-state index in [0.29, 0.717) is 10.0 Å². The average molecular weight is 429 g/mol. The number of aromatic nitrogens is 1. The molecule has 1 aromatic carbocycles. The van der Waals surface area contributed by atoms with Gasteiger partial charge in [-0.25, -0.2) is 13.6 Å². The number of amides is 1. The molecule has 8 heteroatoms. The van der Waals surface area contributed by atoms with Crippen LogP contribution >= 0.6 is 15.9 Å². The third-order valence-electron chi connectivity index (χ3n) is 3.35. The molecular weight excluding hydrogens is 410 g/mol. The SMILES string of the molecule is CC(C)(C)OC(=O)NC(c1cncc(Br)c1)C(O)c1cc(F)ccc1F. The minimum Gasteiger partial charge on any atom is -0.444 e. The summed E-state index contributed by atoms with van der Waals surface area (Å²) >= 11 is 3.25. The predicted octanol–water partition coefficient (Wildman–Crippen LogP) is 4.42. The van der Waals surface area contributed by atoms with E-state index >= 15 is 0 Å². The Morgan fingerprint density at radius 3 is 2.58 bits per heavy atom. The molecule has 1 heterocycles. The van der Waals surface area contributed by atoms with Crippen LogP contribution in [-0.4, -0.2) is 21.8 Å². The molecule has 2 atom stereocenters. The Labute approximate surface area is 158 Å². The maximum Gasteiger partial charge on any atom is 0.408 e. The number of nitrogens with zero attached hydrogens (tertiary/aromatic N) is 1. The van der Waals surface area contributed by atoms with E-state index < -0.39 is 35.5 Å². The fraction of sp³-hybridized carbons (Fsp3) is 0.333. The number of halogens is 3. The molecule has 0 bridgehead atoms. The molecular formula is C18H19BrF2N2O3. The van der Waals surface area contributed by atoms with Gasteiger partial charge < -0.3 is 15.2 Å². The summed E-state index contributed by atoms with van der Waals surface area (Å²) in [6.07, 6.45) is 0.559. The van der Waals surface area contributed by atoms with Gasteiger partial charge in [0, 0.05) is 22.4 Å². The Hall–Kier alpha value is -2.06. The molecule has 0 spiro atoms. The van der Waals surface area contributed by atoms with Crippen LogP contribution in [0.1, 0.15) is 44.0 Å². The number of aliphatic hydroxyl groups excluding tert-OH is 1. The van der Waals surface area contributed by atoms with Gasteiger partial charge in [-0.05, 0) is 66.5 Å². The van der Waals surface area contributed by atoms with Gasteiger partial charge in [0.15, 0.2) is 0 Å². The number of aliphatic hydroxyl groups is 1. The number of benzene rings is 1. The van der Waals surface area contributed by atoms with Gasteiger partial charge in [-0.15, -0.1) is 0 Å². The zero-order valence-corrected chi connectivity index (χ0v) is 16.0. The van der Waals surface area contributed by atoms with Crippen LogP contribution in [-0.2, 0) is 4.74 Å². The summed E-state index contributed by atoms with van der Waals surface area (Å²) in [5.74, 6) is -1.50. The van der Waals surface area contributed by atoms with E-state index in [1.165, 1.54) is 12.4 Å². The Balaban J connectivity index is 2.39. The Kier molecular flexibility index (Phi) is 6.30. The quantitative estimate of drug-likeness (QED) is 0.755. The molecule has 0 radical (unpaired) electrons. The van der Waals surface area contributed by atoms with Crippen LogP contribution in [0.25, 0.3) is 0 Å². The van der Waals surface area contributed by atoms with Crippen molar-refractivity contribution in [2.75, 3.05) is 0 Å². The molecule has 0 aliphatic carbocycles. The van der Waals surface area contributed by atoms with Crippen molar-refractivity contribution < 1.29 is 23.4 Å². The van der Waals surface area contributed by atoms with Gasteiger partial charge in [-0.2, -0.15) is 0 Å². The van der Waals surface area contributed by atoms with Crippen molar-refractivity contribution in [1.82, 2.24) is 10.3 Å². The molecule has 2 rings (SSSR count). The first-order chi connectivity index (χ1) is 12.1. The molecule has 2 N–H and O–H groups in total. The number of hydrogen-bond acceptors (Lipinski definition) is 4. The van der Waals surface area contributed by atoms with Crippen LogP contribution in [0.3, 0.4) is 0 Å². The molecule has 0 aliphatic heterocycles. The van der Waals surface area contributed by atoms with Gasteiger partial charge in [0.05, 0.1) is 6.04 Å². The summed E-state index contributed by atoms with van der Waals surface area (Å²) in [5.41, 5.74) is -0.661. The highest BCUT2D eigenvalue weighted by Gasteiger charge is 2.29. The lowest BCUT2D eigenvalue weighted by Crippen LogP contribution is -2.37. The summed E-state index contributed by atoms with van der Waals surface area (Å²) < 4.78 is 33.4. The first kappa shape index (κ1) is 20.3. The van der Waals surface area contributed by atoms with E-state index in [1.54, 1.807) is 26.8 Å². The maximum absolute atomic E-state index is 14.1. The molecule has 26 heavy (non-hydrogen) atoms. The molecule has 1 aromatic heterocycles. The second-order valence-corrected chi connectivity index (χ2v) is 7.59. The summed E-state index contributed by atoms with van der Waals surface area (Å²) in [7, 11) is 0. The van der Waals surface area contributed by atoms with Crippen molar-refractivity contribution in [3.05, 3.63) is 63.9 Å². The van der Waals surface area contributed by atoms with Crippen molar-refractivity contribution in [2.24, 2.45) is 0 Å². The van der Waals surface area contributed by atoms with Gasteiger partial charge >= 0.3 is 6.09 Å². The van der Waals surface area contributed by atoms with Gasteiger partial charge in [-0.3, -0.25) is 4.98 Å². The van der Waals surface area contributed by atoms with Crippen LogP contribution in [0, 0.1) is 11.6 Å². The van der Waals surface area contributed by atoms with Gasteiger partial charge in [0.2, 0.25) is 0 Å². The Bertz CT molecular complexity index is 796. The monoisotopic (exact) mass is 428 g/mol. The van der Waals surface area contributed by atoms with Crippen LogP contribution < -0.4 is 5.32 Å². The van der Waals surface area contributed by atoms with Crippen molar-refractivity contribution in [3.8, 4) is 0 Å². The molecule has 1 amide bonds. The highest BCUT2D eigenvalue weighted by Crippen LogP contribution is 2.32. The van der Waals surface area contributed by atoms with E-state index in [-0.39, 0.29) is 5.56 Å². The van der Waals surface area contributed by atoms with Crippen molar-refractivity contribution in [1.29, 1.82) is 0 Å². The predicted molar refractivity (Wildman–Crippen MR) is 95.4 cm³/mol. The van der Waals surface area contributed by atoms with Crippen LogP contribution in [0.15, 0.2) is 41.1 Å².